The van der Waals surface area contributed by atoms with E-state index in [1.54, 1.807) is 6.92 Å². The normalized spacial score (nSPS) is 10.2. The number of ether oxygens (including phenoxy) is 1. The Morgan fingerprint density at radius 1 is 1.39 bits per heavy atom. The summed E-state index contributed by atoms with van der Waals surface area (Å²) < 4.78 is 18.2. The van der Waals surface area contributed by atoms with E-state index in [4.69, 9.17) is 5.11 Å². The van der Waals surface area contributed by atoms with Crippen LogP contribution in [0.3, 0.4) is 0 Å². The predicted octanol–water partition coefficient (Wildman–Crippen LogP) is 2.33. The number of carbonyl (C=O) groups is 2. The van der Waals surface area contributed by atoms with E-state index in [9.17, 15) is 14.0 Å². The van der Waals surface area contributed by atoms with E-state index in [1.807, 2.05) is 0 Å². The first-order valence-corrected chi connectivity index (χ1v) is 5.55. The lowest BCUT2D eigenvalue weighted by molar-refractivity contribution is -0.137. The molecule has 0 unspecified atom stereocenters. The molecule has 0 aliphatic carbocycles. The monoisotopic (exact) mass is 254 g/mol. The predicted molar refractivity (Wildman–Crippen MR) is 63.1 cm³/mol. The first-order valence-electron chi connectivity index (χ1n) is 5.55. The number of halogens is 1. The maximum absolute atomic E-state index is 13.6. The average Bonchev–Trinajstić information content (AvgIpc) is 2.30. The molecule has 1 aromatic carbocycles. The maximum Gasteiger partial charge on any atom is 0.338 e. The van der Waals surface area contributed by atoms with Crippen LogP contribution in [-0.4, -0.2) is 24.2 Å². The van der Waals surface area contributed by atoms with Crippen molar-refractivity contribution in [3.63, 3.8) is 0 Å². The molecule has 18 heavy (non-hydrogen) atoms. The maximum atomic E-state index is 13.6. The number of methoxy groups -OCH3 is 1. The minimum absolute atomic E-state index is 0.0269. The third-order valence-corrected chi connectivity index (χ3v) is 2.64. The van der Waals surface area contributed by atoms with E-state index in [1.165, 1.54) is 19.2 Å². The molecule has 5 heteroatoms. The van der Waals surface area contributed by atoms with Gasteiger partial charge in [-0.15, -0.1) is 0 Å². The van der Waals surface area contributed by atoms with Crippen LogP contribution in [-0.2, 0) is 16.0 Å². The van der Waals surface area contributed by atoms with E-state index < -0.39 is 17.8 Å². The summed E-state index contributed by atoms with van der Waals surface area (Å²) in [7, 11) is 1.26. The standard InChI is InChI=1S/C13H15FO4/c1-8-6-11(14)9(4-3-5-12(15)16)7-10(8)13(17)18-2/h6-7H,3-5H2,1-2H3,(H,15,16). The van der Waals surface area contributed by atoms with E-state index in [0.717, 1.165) is 0 Å². The highest BCUT2D eigenvalue weighted by atomic mass is 19.1. The minimum Gasteiger partial charge on any atom is -0.481 e. The lowest BCUT2D eigenvalue weighted by atomic mass is 10.0. The minimum atomic E-state index is -0.921. The Balaban J connectivity index is 2.91. The summed E-state index contributed by atoms with van der Waals surface area (Å²) in [6.07, 6.45) is 0.583. The molecule has 1 N–H and O–H groups in total. The van der Waals surface area contributed by atoms with Crippen LogP contribution >= 0.6 is 0 Å². The molecular formula is C13H15FO4. The van der Waals surface area contributed by atoms with Gasteiger partial charge in [-0.25, -0.2) is 9.18 Å². The van der Waals surface area contributed by atoms with Gasteiger partial charge in [0.15, 0.2) is 0 Å². The van der Waals surface area contributed by atoms with Gasteiger partial charge in [0.1, 0.15) is 5.82 Å². The number of esters is 1. The number of aliphatic carboxylic acids is 1. The van der Waals surface area contributed by atoms with Gasteiger partial charge in [0.2, 0.25) is 0 Å². The fraction of sp³-hybridized carbons (Fsp3) is 0.385. The largest absolute Gasteiger partial charge is 0.481 e. The van der Waals surface area contributed by atoms with Crippen molar-refractivity contribution >= 4 is 11.9 Å². The number of carbonyl (C=O) groups excluding carboxylic acids is 1. The molecule has 4 nitrogen and oxygen atoms in total. The fourth-order valence-electron chi connectivity index (χ4n) is 1.67. The Labute approximate surface area is 104 Å². The van der Waals surface area contributed by atoms with Crippen molar-refractivity contribution in [3.8, 4) is 0 Å². The Morgan fingerprint density at radius 2 is 2.06 bits per heavy atom. The van der Waals surface area contributed by atoms with Crippen LogP contribution in [0, 0.1) is 12.7 Å². The van der Waals surface area contributed by atoms with E-state index in [-0.39, 0.29) is 12.8 Å². The number of carboxylic acids is 1. The fourth-order valence-corrected chi connectivity index (χ4v) is 1.67. The van der Waals surface area contributed by atoms with Gasteiger partial charge in [-0.05, 0) is 43.0 Å². The van der Waals surface area contributed by atoms with Crippen LogP contribution < -0.4 is 0 Å². The summed E-state index contributed by atoms with van der Waals surface area (Å²) in [5.41, 5.74) is 1.15. The molecule has 0 aromatic heterocycles. The molecule has 0 saturated heterocycles. The Bertz CT molecular complexity index is 468. The number of carboxylic acid groups (broad SMARTS) is 1. The molecule has 98 valence electrons. The number of hydrogen-bond donors (Lipinski definition) is 1. The Morgan fingerprint density at radius 3 is 2.61 bits per heavy atom. The molecule has 0 amide bonds. The quantitative estimate of drug-likeness (QED) is 0.819. The second-order valence-electron chi connectivity index (χ2n) is 4.00. The summed E-state index contributed by atoms with van der Waals surface area (Å²) in [5, 5.41) is 8.52. The van der Waals surface area contributed by atoms with Crippen molar-refractivity contribution in [2.45, 2.75) is 26.2 Å². The average molecular weight is 254 g/mol. The summed E-state index contributed by atoms with van der Waals surface area (Å²) >= 11 is 0. The molecule has 1 aromatic rings. The number of aryl methyl sites for hydroxylation is 2. The van der Waals surface area contributed by atoms with Crippen LogP contribution in [0.5, 0.6) is 0 Å². The summed E-state index contributed by atoms with van der Waals surface area (Å²) in [6.45, 7) is 1.62. The van der Waals surface area contributed by atoms with Gasteiger partial charge in [0, 0.05) is 6.42 Å². The molecule has 0 atom stereocenters. The molecule has 0 radical (unpaired) electrons. The van der Waals surface area contributed by atoms with Gasteiger partial charge in [0.25, 0.3) is 0 Å². The van der Waals surface area contributed by atoms with Crippen molar-refractivity contribution in [2.24, 2.45) is 0 Å². The summed E-state index contributed by atoms with van der Waals surface area (Å²) in [6, 6.07) is 2.70. The zero-order valence-electron chi connectivity index (χ0n) is 10.3. The number of benzene rings is 1. The second kappa shape index (κ2) is 6.14. The number of hydrogen-bond acceptors (Lipinski definition) is 3. The van der Waals surface area contributed by atoms with Gasteiger partial charge < -0.3 is 9.84 Å². The zero-order chi connectivity index (χ0) is 13.7. The van der Waals surface area contributed by atoms with E-state index >= 15 is 0 Å². The topological polar surface area (TPSA) is 63.6 Å². The first-order chi connectivity index (χ1) is 8.45. The van der Waals surface area contributed by atoms with Crippen LogP contribution in [0.1, 0.15) is 34.3 Å². The third kappa shape index (κ3) is 3.55. The first kappa shape index (κ1) is 14.2. The zero-order valence-corrected chi connectivity index (χ0v) is 10.3. The van der Waals surface area contributed by atoms with E-state index in [2.05, 4.69) is 4.74 Å². The molecule has 0 fully saturated rings. The van der Waals surface area contributed by atoms with Crippen molar-refractivity contribution in [3.05, 3.63) is 34.6 Å². The molecule has 1 rings (SSSR count). The SMILES string of the molecule is COC(=O)c1cc(CCCC(=O)O)c(F)cc1C. The molecule has 0 aliphatic heterocycles. The van der Waals surface area contributed by atoms with Gasteiger partial charge in [-0.1, -0.05) is 0 Å². The van der Waals surface area contributed by atoms with Gasteiger partial charge in [-0.3, -0.25) is 4.79 Å². The molecular weight excluding hydrogens is 239 g/mol. The summed E-state index contributed by atoms with van der Waals surface area (Å²) in [5.74, 6) is -1.87. The Hall–Kier alpha value is -1.91. The highest BCUT2D eigenvalue weighted by molar-refractivity contribution is 5.91. The second-order valence-corrected chi connectivity index (χ2v) is 4.00. The van der Waals surface area contributed by atoms with Gasteiger partial charge >= 0.3 is 11.9 Å². The highest BCUT2D eigenvalue weighted by Crippen LogP contribution is 2.18. The molecule has 0 bridgehead atoms. The van der Waals surface area contributed by atoms with Gasteiger partial charge in [-0.2, -0.15) is 0 Å². The van der Waals surface area contributed by atoms with Crippen molar-refractivity contribution < 1.29 is 23.8 Å². The van der Waals surface area contributed by atoms with Crippen LogP contribution in [0.25, 0.3) is 0 Å². The smallest absolute Gasteiger partial charge is 0.338 e. The van der Waals surface area contributed by atoms with Crippen LogP contribution in [0.4, 0.5) is 4.39 Å². The van der Waals surface area contributed by atoms with E-state index in [0.29, 0.717) is 23.1 Å². The van der Waals surface area contributed by atoms with Crippen molar-refractivity contribution in [1.29, 1.82) is 0 Å². The summed E-state index contributed by atoms with van der Waals surface area (Å²) in [4.78, 5) is 21.8. The Kier molecular flexibility index (Phi) is 4.83. The molecule has 0 heterocycles. The highest BCUT2D eigenvalue weighted by Gasteiger charge is 2.13. The van der Waals surface area contributed by atoms with Crippen molar-refractivity contribution in [1.82, 2.24) is 0 Å². The molecule has 0 aliphatic rings. The molecule has 0 spiro atoms. The third-order valence-electron chi connectivity index (χ3n) is 2.64. The lowest BCUT2D eigenvalue weighted by Gasteiger charge is -2.08. The van der Waals surface area contributed by atoms with Crippen LogP contribution in [0.15, 0.2) is 12.1 Å². The lowest BCUT2D eigenvalue weighted by Crippen LogP contribution is -2.06. The van der Waals surface area contributed by atoms with Gasteiger partial charge in [0.05, 0.1) is 12.7 Å². The van der Waals surface area contributed by atoms with Crippen LogP contribution in [0.2, 0.25) is 0 Å². The number of rotatable bonds is 5. The van der Waals surface area contributed by atoms with Crippen molar-refractivity contribution in [2.75, 3.05) is 7.11 Å². The molecule has 0 saturated carbocycles.